The third-order valence-corrected chi connectivity index (χ3v) is 5.23. The number of aromatic nitrogens is 4. The lowest BCUT2D eigenvalue weighted by Crippen LogP contribution is -2.25. The SMILES string of the molecule is Cc1nc2nc[nH]n2c(=O)c1NS(=O)(=O)c1ccc2ccccc2c1. The molecular formula is C16H13N5O3S. The average molecular weight is 355 g/mol. The minimum absolute atomic E-state index is 0.0692. The summed E-state index contributed by atoms with van der Waals surface area (Å²) in [4.78, 5) is 20.5. The summed E-state index contributed by atoms with van der Waals surface area (Å²) in [6.07, 6.45) is 1.31. The summed E-state index contributed by atoms with van der Waals surface area (Å²) in [6, 6.07) is 12.2. The normalized spacial score (nSPS) is 11.9. The minimum Gasteiger partial charge on any atom is -0.278 e. The maximum absolute atomic E-state index is 12.7. The molecule has 2 aromatic carbocycles. The number of nitrogens with zero attached hydrogens (tertiary/aromatic N) is 3. The van der Waals surface area contributed by atoms with Crippen LogP contribution in [0.3, 0.4) is 0 Å². The lowest BCUT2D eigenvalue weighted by atomic mass is 10.1. The van der Waals surface area contributed by atoms with Gasteiger partial charge in [-0.05, 0) is 29.8 Å². The number of aryl methyl sites for hydroxylation is 1. The molecule has 0 aliphatic rings. The number of rotatable bonds is 3. The van der Waals surface area contributed by atoms with Crippen LogP contribution in [0, 0.1) is 6.92 Å². The first-order valence-electron chi connectivity index (χ1n) is 7.40. The van der Waals surface area contributed by atoms with E-state index in [0.717, 1.165) is 15.3 Å². The van der Waals surface area contributed by atoms with Crippen molar-refractivity contribution < 1.29 is 8.42 Å². The summed E-state index contributed by atoms with van der Waals surface area (Å²) in [5.41, 5.74) is -0.430. The summed E-state index contributed by atoms with van der Waals surface area (Å²) >= 11 is 0. The Balaban J connectivity index is 1.82. The van der Waals surface area contributed by atoms with E-state index in [1.54, 1.807) is 19.1 Å². The Morgan fingerprint density at radius 3 is 2.68 bits per heavy atom. The average Bonchev–Trinajstić information content (AvgIpc) is 3.06. The molecule has 2 aromatic heterocycles. The molecule has 0 saturated heterocycles. The number of sulfonamides is 1. The van der Waals surface area contributed by atoms with Crippen LogP contribution in [-0.4, -0.2) is 28.0 Å². The number of nitrogens with one attached hydrogen (secondary N) is 2. The Bertz CT molecular complexity index is 1270. The van der Waals surface area contributed by atoms with Gasteiger partial charge in [0, 0.05) is 0 Å². The van der Waals surface area contributed by atoms with Gasteiger partial charge in [0.1, 0.15) is 12.0 Å². The van der Waals surface area contributed by atoms with Gasteiger partial charge < -0.3 is 0 Å². The second kappa shape index (κ2) is 5.42. The molecule has 0 aliphatic heterocycles. The first kappa shape index (κ1) is 15.3. The predicted octanol–water partition coefficient (Wildman–Crippen LogP) is 1.68. The molecule has 9 heteroatoms. The standard InChI is InChI=1S/C16H13N5O3S/c1-10-14(15(22)21-16(19-10)17-9-18-21)20-25(23,24)13-7-6-11-4-2-3-5-12(11)8-13/h2-9,20H,1H3,(H,17,18,19). The molecule has 0 bridgehead atoms. The highest BCUT2D eigenvalue weighted by atomic mass is 32.2. The maximum Gasteiger partial charge on any atom is 0.298 e. The van der Waals surface area contributed by atoms with E-state index in [4.69, 9.17) is 0 Å². The number of anilines is 1. The molecular weight excluding hydrogens is 342 g/mol. The van der Waals surface area contributed by atoms with Crippen molar-refractivity contribution in [1.29, 1.82) is 0 Å². The second-order valence-electron chi connectivity index (χ2n) is 5.51. The van der Waals surface area contributed by atoms with E-state index in [1.165, 1.54) is 12.4 Å². The number of H-pyrrole nitrogens is 1. The minimum atomic E-state index is -3.94. The topological polar surface area (TPSA) is 109 Å². The maximum atomic E-state index is 12.7. The van der Waals surface area contributed by atoms with Crippen LogP contribution in [-0.2, 0) is 10.0 Å². The van der Waals surface area contributed by atoms with Crippen molar-refractivity contribution in [1.82, 2.24) is 19.6 Å². The zero-order chi connectivity index (χ0) is 17.6. The van der Waals surface area contributed by atoms with Gasteiger partial charge in [0.25, 0.3) is 21.4 Å². The zero-order valence-electron chi connectivity index (χ0n) is 13.1. The third kappa shape index (κ3) is 2.54. The third-order valence-electron chi connectivity index (χ3n) is 3.88. The first-order chi connectivity index (χ1) is 12.0. The van der Waals surface area contributed by atoms with Crippen LogP contribution in [0.4, 0.5) is 5.69 Å². The second-order valence-corrected chi connectivity index (χ2v) is 7.20. The molecule has 4 rings (SSSR count). The molecule has 0 spiro atoms. The predicted molar refractivity (Wildman–Crippen MR) is 93.1 cm³/mol. The van der Waals surface area contributed by atoms with Gasteiger partial charge in [0.2, 0.25) is 0 Å². The van der Waals surface area contributed by atoms with Crippen LogP contribution in [0.25, 0.3) is 16.6 Å². The van der Waals surface area contributed by atoms with E-state index < -0.39 is 15.6 Å². The van der Waals surface area contributed by atoms with Gasteiger partial charge >= 0.3 is 0 Å². The summed E-state index contributed by atoms with van der Waals surface area (Å²) in [6.45, 7) is 1.55. The number of hydrogen-bond acceptors (Lipinski definition) is 5. The summed E-state index contributed by atoms with van der Waals surface area (Å²) in [5, 5.41) is 4.32. The largest absolute Gasteiger partial charge is 0.298 e. The fraction of sp³-hybridized carbons (Fsp3) is 0.0625. The van der Waals surface area contributed by atoms with Gasteiger partial charge in [-0.2, -0.15) is 4.52 Å². The van der Waals surface area contributed by atoms with Crippen LogP contribution in [0.15, 0.2) is 58.5 Å². The van der Waals surface area contributed by atoms with E-state index in [1.807, 2.05) is 24.3 Å². The molecule has 25 heavy (non-hydrogen) atoms. The van der Waals surface area contributed by atoms with E-state index in [-0.39, 0.29) is 22.1 Å². The van der Waals surface area contributed by atoms with Crippen molar-refractivity contribution >= 4 is 32.3 Å². The van der Waals surface area contributed by atoms with E-state index in [2.05, 4.69) is 19.8 Å². The molecule has 0 radical (unpaired) electrons. The Morgan fingerprint density at radius 2 is 1.88 bits per heavy atom. The Kier molecular flexibility index (Phi) is 3.32. The molecule has 0 aliphatic carbocycles. The highest BCUT2D eigenvalue weighted by Gasteiger charge is 2.20. The number of hydrogen-bond donors (Lipinski definition) is 2. The van der Waals surface area contributed by atoms with Crippen LogP contribution in [0.2, 0.25) is 0 Å². The van der Waals surface area contributed by atoms with Gasteiger partial charge in [-0.15, -0.1) is 0 Å². The van der Waals surface area contributed by atoms with Gasteiger partial charge in [-0.25, -0.2) is 18.4 Å². The van der Waals surface area contributed by atoms with Crippen LogP contribution in [0.5, 0.6) is 0 Å². The van der Waals surface area contributed by atoms with Gasteiger partial charge in [-0.1, -0.05) is 30.3 Å². The highest BCUT2D eigenvalue weighted by molar-refractivity contribution is 7.92. The molecule has 0 saturated carbocycles. The lowest BCUT2D eigenvalue weighted by molar-refractivity contribution is 0.601. The molecule has 0 atom stereocenters. The number of benzene rings is 2. The fourth-order valence-corrected chi connectivity index (χ4v) is 3.76. The van der Waals surface area contributed by atoms with Gasteiger partial charge in [-0.3, -0.25) is 14.6 Å². The summed E-state index contributed by atoms with van der Waals surface area (Å²) < 4.78 is 28.8. The van der Waals surface area contributed by atoms with Gasteiger partial charge in [0.05, 0.1) is 10.6 Å². The van der Waals surface area contributed by atoms with E-state index >= 15 is 0 Å². The van der Waals surface area contributed by atoms with Crippen LogP contribution >= 0.6 is 0 Å². The number of fused-ring (bicyclic) bond motifs is 2. The summed E-state index contributed by atoms with van der Waals surface area (Å²) in [7, 11) is -3.94. The van der Waals surface area contributed by atoms with Crippen LogP contribution < -0.4 is 10.3 Å². The summed E-state index contributed by atoms with van der Waals surface area (Å²) in [5.74, 6) is 0.177. The van der Waals surface area contributed by atoms with E-state index in [0.29, 0.717) is 0 Å². The lowest BCUT2D eigenvalue weighted by Gasteiger charge is -2.10. The molecule has 0 unspecified atom stereocenters. The van der Waals surface area contributed by atoms with Gasteiger partial charge in [0.15, 0.2) is 0 Å². The first-order valence-corrected chi connectivity index (χ1v) is 8.88. The van der Waals surface area contributed by atoms with E-state index in [9.17, 15) is 13.2 Å². The quantitative estimate of drug-likeness (QED) is 0.581. The zero-order valence-corrected chi connectivity index (χ0v) is 13.9. The Morgan fingerprint density at radius 1 is 1.12 bits per heavy atom. The van der Waals surface area contributed by atoms with Crippen molar-refractivity contribution in [3.63, 3.8) is 0 Å². The molecule has 126 valence electrons. The van der Waals surface area contributed by atoms with Crippen molar-refractivity contribution in [3.05, 3.63) is 64.8 Å². The van der Waals surface area contributed by atoms with Crippen molar-refractivity contribution in [2.45, 2.75) is 11.8 Å². The Hall–Kier alpha value is -3.20. The Labute approximate surface area is 142 Å². The molecule has 0 amide bonds. The monoisotopic (exact) mass is 355 g/mol. The molecule has 2 heterocycles. The smallest absolute Gasteiger partial charge is 0.278 e. The van der Waals surface area contributed by atoms with Crippen molar-refractivity contribution in [2.75, 3.05) is 4.72 Å². The van der Waals surface area contributed by atoms with Crippen LogP contribution in [0.1, 0.15) is 5.69 Å². The molecule has 4 aromatic rings. The molecule has 8 nitrogen and oxygen atoms in total. The fourth-order valence-electron chi connectivity index (χ4n) is 2.61. The highest BCUT2D eigenvalue weighted by Crippen LogP contribution is 2.21. The molecule has 2 N–H and O–H groups in total. The molecule has 0 fully saturated rings. The van der Waals surface area contributed by atoms with Crippen molar-refractivity contribution in [2.24, 2.45) is 0 Å². The number of aromatic amines is 1. The van der Waals surface area contributed by atoms with Crippen molar-refractivity contribution in [3.8, 4) is 0 Å².